The Bertz CT molecular complexity index is 540. The van der Waals surface area contributed by atoms with Gasteiger partial charge in [-0.1, -0.05) is 12.1 Å². The van der Waals surface area contributed by atoms with Crippen molar-refractivity contribution in [2.75, 3.05) is 11.9 Å². The first-order valence-corrected chi connectivity index (χ1v) is 6.24. The van der Waals surface area contributed by atoms with E-state index >= 15 is 0 Å². The van der Waals surface area contributed by atoms with Crippen molar-refractivity contribution in [1.29, 1.82) is 0 Å². The molecular weight excluding hydrogens is 241 g/mol. The van der Waals surface area contributed by atoms with Crippen molar-refractivity contribution in [3.8, 4) is 0 Å². The zero-order valence-electron chi connectivity index (χ0n) is 11.2. The molecule has 0 fully saturated rings. The van der Waals surface area contributed by atoms with Crippen molar-refractivity contribution >= 4 is 5.69 Å². The molecule has 3 nitrogen and oxygen atoms in total. The lowest BCUT2D eigenvalue weighted by atomic mass is 10.1. The van der Waals surface area contributed by atoms with Gasteiger partial charge in [0.15, 0.2) is 0 Å². The Morgan fingerprint density at radius 3 is 2.68 bits per heavy atom. The molecule has 100 valence electrons. The number of rotatable bonds is 4. The molecule has 1 aromatic heterocycles. The number of hydrogen-bond donors (Lipinski definition) is 1. The lowest BCUT2D eigenvalue weighted by Crippen LogP contribution is -2.18. The second-order valence-corrected chi connectivity index (χ2v) is 4.68. The molecule has 0 aliphatic rings. The topological polar surface area (TPSA) is 42.1 Å². The van der Waals surface area contributed by atoms with Gasteiger partial charge < -0.3 is 10.6 Å². The molecule has 2 rings (SSSR count). The van der Waals surface area contributed by atoms with Crippen LogP contribution in [0.4, 0.5) is 10.1 Å². The first-order valence-electron chi connectivity index (χ1n) is 6.24. The van der Waals surface area contributed by atoms with Crippen molar-refractivity contribution in [2.24, 2.45) is 5.73 Å². The third-order valence-corrected chi connectivity index (χ3v) is 3.03. The fourth-order valence-corrected chi connectivity index (χ4v) is 1.94. The van der Waals surface area contributed by atoms with E-state index in [9.17, 15) is 4.39 Å². The molecule has 2 N–H and O–H groups in total. The molecule has 1 atom stereocenters. The van der Waals surface area contributed by atoms with Crippen molar-refractivity contribution in [1.82, 2.24) is 4.98 Å². The zero-order chi connectivity index (χ0) is 13.8. The van der Waals surface area contributed by atoms with E-state index < -0.39 is 0 Å². The van der Waals surface area contributed by atoms with Gasteiger partial charge in [-0.2, -0.15) is 0 Å². The Kier molecular flexibility index (Phi) is 4.12. The summed E-state index contributed by atoms with van der Waals surface area (Å²) in [5.74, 6) is -0.256. The van der Waals surface area contributed by atoms with Crippen molar-refractivity contribution < 1.29 is 4.39 Å². The van der Waals surface area contributed by atoms with E-state index in [2.05, 4.69) is 4.98 Å². The highest BCUT2D eigenvalue weighted by atomic mass is 19.1. The molecule has 0 saturated heterocycles. The molecule has 0 spiro atoms. The summed E-state index contributed by atoms with van der Waals surface area (Å²) in [6.45, 7) is 2.40. The van der Waals surface area contributed by atoms with Crippen LogP contribution in [0.3, 0.4) is 0 Å². The lowest BCUT2D eigenvalue weighted by molar-refractivity contribution is 0.616. The monoisotopic (exact) mass is 259 g/mol. The first kappa shape index (κ1) is 13.5. The number of nitrogens with two attached hydrogens (primary N) is 1. The van der Waals surface area contributed by atoms with Gasteiger partial charge in [-0.15, -0.1) is 0 Å². The van der Waals surface area contributed by atoms with Crippen LogP contribution in [0.15, 0.2) is 42.6 Å². The summed E-state index contributed by atoms with van der Waals surface area (Å²) in [5, 5.41) is 0. The molecule has 4 heteroatoms. The van der Waals surface area contributed by atoms with Crippen molar-refractivity contribution in [2.45, 2.75) is 19.5 Å². The summed E-state index contributed by atoms with van der Waals surface area (Å²) in [6.07, 6.45) is 1.73. The number of pyridine rings is 1. The SMILES string of the molecule is C[C@@H](N)c1ccc(N(C)Cc2ccccn2)c(F)c1. The Balaban J connectivity index is 2.17. The molecule has 1 heterocycles. The van der Waals surface area contributed by atoms with Gasteiger partial charge in [-0.05, 0) is 36.8 Å². The molecule has 0 aliphatic heterocycles. The molecule has 1 aromatic carbocycles. The minimum Gasteiger partial charge on any atom is -0.366 e. The smallest absolute Gasteiger partial charge is 0.146 e. The maximum absolute atomic E-state index is 14.0. The maximum Gasteiger partial charge on any atom is 0.146 e. The second kappa shape index (κ2) is 5.80. The van der Waals surface area contributed by atoms with Gasteiger partial charge in [-0.25, -0.2) is 4.39 Å². The van der Waals surface area contributed by atoms with Crippen LogP contribution in [0.25, 0.3) is 0 Å². The van der Waals surface area contributed by atoms with Gasteiger partial charge in [0.2, 0.25) is 0 Å². The van der Waals surface area contributed by atoms with Gasteiger partial charge in [0.25, 0.3) is 0 Å². The fraction of sp³-hybridized carbons (Fsp3) is 0.267. The van der Waals surface area contributed by atoms with Crippen LogP contribution in [0, 0.1) is 5.82 Å². The molecular formula is C15H18FN3. The van der Waals surface area contributed by atoms with Gasteiger partial charge in [-0.3, -0.25) is 4.98 Å². The van der Waals surface area contributed by atoms with Gasteiger partial charge in [0, 0.05) is 19.3 Å². The van der Waals surface area contributed by atoms with E-state index in [4.69, 9.17) is 5.73 Å². The van der Waals surface area contributed by atoms with Crippen molar-refractivity contribution in [3.05, 3.63) is 59.7 Å². The summed E-state index contributed by atoms with van der Waals surface area (Å²) >= 11 is 0. The molecule has 0 unspecified atom stereocenters. The lowest BCUT2D eigenvalue weighted by Gasteiger charge is -2.20. The average Bonchev–Trinajstić information content (AvgIpc) is 2.39. The van der Waals surface area contributed by atoms with Crippen molar-refractivity contribution in [3.63, 3.8) is 0 Å². The highest BCUT2D eigenvalue weighted by molar-refractivity contribution is 5.49. The van der Waals surface area contributed by atoms with Gasteiger partial charge in [0.1, 0.15) is 5.82 Å². The van der Waals surface area contributed by atoms with Gasteiger partial charge >= 0.3 is 0 Å². The Morgan fingerprint density at radius 1 is 1.32 bits per heavy atom. The number of aromatic nitrogens is 1. The van der Waals surface area contributed by atoms with E-state index in [1.807, 2.05) is 43.1 Å². The third-order valence-electron chi connectivity index (χ3n) is 3.03. The van der Waals surface area contributed by atoms with Gasteiger partial charge in [0.05, 0.1) is 17.9 Å². The number of benzene rings is 1. The number of nitrogens with zero attached hydrogens (tertiary/aromatic N) is 2. The largest absolute Gasteiger partial charge is 0.366 e. The van der Waals surface area contributed by atoms with Crippen LogP contribution in [0.1, 0.15) is 24.2 Å². The second-order valence-electron chi connectivity index (χ2n) is 4.68. The third kappa shape index (κ3) is 3.29. The molecule has 0 saturated carbocycles. The van der Waals surface area contributed by atoms with E-state index in [-0.39, 0.29) is 11.9 Å². The summed E-state index contributed by atoms with van der Waals surface area (Å²) < 4.78 is 14.0. The first-order chi connectivity index (χ1) is 9.08. The molecule has 0 radical (unpaired) electrons. The normalized spacial score (nSPS) is 12.2. The Morgan fingerprint density at radius 2 is 2.11 bits per heavy atom. The molecule has 2 aromatic rings. The maximum atomic E-state index is 14.0. The van der Waals surface area contributed by atoms with Crippen LogP contribution >= 0.6 is 0 Å². The van der Waals surface area contributed by atoms with Crippen LogP contribution in [0.5, 0.6) is 0 Å². The Hall–Kier alpha value is -1.94. The Labute approximate surface area is 112 Å². The number of halogens is 1. The summed E-state index contributed by atoms with van der Waals surface area (Å²) in [6, 6.07) is 10.7. The van der Waals surface area contributed by atoms with E-state index in [1.54, 1.807) is 12.3 Å². The molecule has 0 amide bonds. The number of hydrogen-bond acceptors (Lipinski definition) is 3. The quantitative estimate of drug-likeness (QED) is 0.918. The van der Waals surface area contributed by atoms with Crippen LogP contribution in [0.2, 0.25) is 0 Å². The van der Waals surface area contributed by atoms with E-state index in [0.717, 1.165) is 11.3 Å². The summed E-state index contributed by atoms with van der Waals surface area (Å²) in [5.41, 5.74) is 8.00. The molecule has 0 bridgehead atoms. The molecule has 19 heavy (non-hydrogen) atoms. The standard InChI is InChI=1S/C15H18FN3/c1-11(17)12-6-7-15(14(16)9-12)19(2)10-13-5-3-4-8-18-13/h3-9,11H,10,17H2,1-2H3/t11-/m1/s1. The minimum atomic E-state index is -0.256. The zero-order valence-corrected chi connectivity index (χ0v) is 11.2. The fourth-order valence-electron chi connectivity index (χ4n) is 1.94. The predicted octanol–water partition coefficient (Wildman–Crippen LogP) is 2.88. The summed E-state index contributed by atoms with van der Waals surface area (Å²) in [4.78, 5) is 6.07. The minimum absolute atomic E-state index is 0.162. The van der Waals surface area contributed by atoms with Crippen LogP contribution in [-0.2, 0) is 6.54 Å². The van der Waals surface area contributed by atoms with E-state index in [0.29, 0.717) is 12.2 Å². The summed E-state index contributed by atoms with van der Waals surface area (Å²) in [7, 11) is 1.85. The highest BCUT2D eigenvalue weighted by Crippen LogP contribution is 2.22. The highest BCUT2D eigenvalue weighted by Gasteiger charge is 2.10. The molecule has 0 aliphatic carbocycles. The number of anilines is 1. The predicted molar refractivity (Wildman–Crippen MR) is 75.3 cm³/mol. The average molecular weight is 259 g/mol. The van der Waals surface area contributed by atoms with Crippen LogP contribution in [-0.4, -0.2) is 12.0 Å². The van der Waals surface area contributed by atoms with Crippen LogP contribution < -0.4 is 10.6 Å². The van der Waals surface area contributed by atoms with E-state index in [1.165, 1.54) is 6.07 Å².